The van der Waals surface area contributed by atoms with Crippen LogP contribution in [0.3, 0.4) is 0 Å². The van der Waals surface area contributed by atoms with Gasteiger partial charge in [0.2, 0.25) is 0 Å². The number of rotatable bonds is 2. The molecule has 2 aromatic carbocycles. The van der Waals surface area contributed by atoms with E-state index < -0.39 is 0 Å². The Morgan fingerprint density at radius 1 is 1.10 bits per heavy atom. The van der Waals surface area contributed by atoms with Gasteiger partial charge in [-0.25, -0.2) is 9.37 Å². The van der Waals surface area contributed by atoms with E-state index in [2.05, 4.69) is 10.3 Å². The van der Waals surface area contributed by atoms with Gasteiger partial charge in [-0.15, -0.1) is 0 Å². The molecule has 0 saturated heterocycles. The van der Waals surface area contributed by atoms with Gasteiger partial charge in [-0.1, -0.05) is 17.4 Å². The monoisotopic (exact) mass is 302 g/mol. The molecule has 6 heteroatoms. The minimum atomic E-state index is -0.307. The summed E-state index contributed by atoms with van der Waals surface area (Å²) in [6.45, 7) is 1.11. The zero-order chi connectivity index (χ0) is 14.2. The Morgan fingerprint density at radius 3 is 2.81 bits per heavy atom. The quantitative estimate of drug-likeness (QED) is 0.778. The van der Waals surface area contributed by atoms with Crippen LogP contribution in [0.2, 0.25) is 0 Å². The van der Waals surface area contributed by atoms with Crippen molar-refractivity contribution in [3.8, 4) is 11.5 Å². The second-order valence-electron chi connectivity index (χ2n) is 4.59. The number of aromatic nitrogens is 1. The number of nitrogens with zero attached hydrogens (tertiary/aromatic N) is 1. The van der Waals surface area contributed by atoms with Crippen LogP contribution < -0.4 is 14.8 Å². The molecule has 4 nitrogen and oxygen atoms in total. The maximum Gasteiger partial charge on any atom is 0.188 e. The van der Waals surface area contributed by atoms with Crippen LogP contribution in [0, 0.1) is 5.82 Å². The molecule has 4 rings (SSSR count). The van der Waals surface area contributed by atoms with E-state index in [9.17, 15) is 4.39 Å². The molecule has 0 bridgehead atoms. The van der Waals surface area contributed by atoms with E-state index in [1.54, 1.807) is 6.07 Å². The molecule has 1 N–H and O–H groups in total. The summed E-state index contributed by atoms with van der Waals surface area (Å²) in [7, 11) is 0. The van der Waals surface area contributed by atoms with Crippen molar-refractivity contribution in [2.75, 3.05) is 18.5 Å². The van der Waals surface area contributed by atoms with E-state index >= 15 is 0 Å². The molecule has 1 aliphatic heterocycles. The lowest BCUT2D eigenvalue weighted by atomic mass is 10.2. The molecule has 0 unspecified atom stereocenters. The summed E-state index contributed by atoms with van der Waals surface area (Å²) in [6, 6.07) is 10.5. The Balaban J connectivity index is 1.66. The summed E-state index contributed by atoms with van der Waals surface area (Å²) in [6.07, 6.45) is 0. The number of thiazole rings is 1. The lowest BCUT2D eigenvalue weighted by Crippen LogP contribution is -2.15. The molecule has 21 heavy (non-hydrogen) atoms. The molecular weight excluding hydrogens is 291 g/mol. The molecule has 1 aliphatic rings. The van der Waals surface area contributed by atoms with Gasteiger partial charge in [-0.2, -0.15) is 0 Å². The SMILES string of the molecule is Fc1cccc2sc(Nc3ccc4c(c3)OCCO4)nc12. The van der Waals surface area contributed by atoms with Crippen molar-refractivity contribution in [2.45, 2.75) is 0 Å². The van der Waals surface area contributed by atoms with Gasteiger partial charge in [0.25, 0.3) is 0 Å². The maximum atomic E-state index is 13.6. The van der Waals surface area contributed by atoms with Gasteiger partial charge in [0.15, 0.2) is 16.6 Å². The first-order chi connectivity index (χ1) is 10.3. The standard InChI is InChI=1S/C15H11FN2O2S/c16-10-2-1-3-13-14(10)18-15(21-13)17-9-4-5-11-12(8-9)20-7-6-19-11/h1-5,8H,6-7H2,(H,17,18). The van der Waals surface area contributed by atoms with Gasteiger partial charge in [-0.05, 0) is 24.3 Å². The van der Waals surface area contributed by atoms with Crippen LogP contribution >= 0.6 is 11.3 Å². The fraction of sp³-hybridized carbons (Fsp3) is 0.133. The number of hydrogen-bond acceptors (Lipinski definition) is 5. The third kappa shape index (κ3) is 2.27. The average molecular weight is 302 g/mol. The Labute approximate surface area is 124 Å². The van der Waals surface area contributed by atoms with Crippen molar-refractivity contribution in [3.05, 3.63) is 42.2 Å². The summed E-state index contributed by atoms with van der Waals surface area (Å²) < 4.78 is 25.5. The van der Waals surface area contributed by atoms with Gasteiger partial charge >= 0.3 is 0 Å². The van der Waals surface area contributed by atoms with Crippen LogP contribution in [0.4, 0.5) is 15.2 Å². The predicted octanol–water partition coefficient (Wildman–Crippen LogP) is 3.95. The number of hydrogen-bond donors (Lipinski definition) is 1. The van der Waals surface area contributed by atoms with Crippen LogP contribution in [-0.4, -0.2) is 18.2 Å². The predicted molar refractivity (Wildman–Crippen MR) is 80.3 cm³/mol. The van der Waals surface area contributed by atoms with E-state index in [1.807, 2.05) is 24.3 Å². The highest BCUT2D eigenvalue weighted by Gasteiger charge is 2.13. The Bertz CT molecular complexity index is 819. The molecule has 1 aromatic heterocycles. The third-order valence-corrected chi connectivity index (χ3v) is 4.10. The first kappa shape index (κ1) is 12.4. The Morgan fingerprint density at radius 2 is 1.95 bits per heavy atom. The molecule has 0 spiro atoms. The summed E-state index contributed by atoms with van der Waals surface area (Å²) >= 11 is 1.41. The number of anilines is 2. The van der Waals surface area contributed by atoms with Gasteiger partial charge in [0.1, 0.15) is 24.5 Å². The maximum absolute atomic E-state index is 13.6. The third-order valence-electron chi connectivity index (χ3n) is 3.16. The fourth-order valence-corrected chi connectivity index (χ4v) is 3.11. The molecular formula is C15H11FN2O2S. The first-order valence-corrected chi connectivity index (χ1v) is 7.33. The summed E-state index contributed by atoms with van der Waals surface area (Å²) in [5.74, 6) is 1.14. The summed E-state index contributed by atoms with van der Waals surface area (Å²) in [5.41, 5.74) is 1.22. The van der Waals surface area contributed by atoms with Gasteiger partial charge in [-0.3, -0.25) is 0 Å². The highest BCUT2D eigenvalue weighted by molar-refractivity contribution is 7.22. The lowest BCUT2D eigenvalue weighted by molar-refractivity contribution is 0.171. The van der Waals surface area contributed by atoms with Crippen molar-refractivity contribution >= 4 is 32.4 Å². The normalized spacial score (nSPS) is 13.4. The van der Waals surface area contributed by atoms with E-state index in [1.165, 1.54) is 17.4 Å². The van der Waals surface area contributed by atoms with Gasteiger partial charge < -0.3 is 14.8 Å². The minimum Gasteiger partial charge on any atom is -0.486 e. The molecule has 3 aromatic rings. The second kappa shape index (κ2) is 4.89. The number of para-hydroxylation sites is 1. The number of benzene rings is 2. The summed E-state index contributed by atoms with van der Waals surface area (Å²) in [5, 5.41) is 3.82. The molecule has 0 radical (unpaired) electrons. The van der Waals surface area contributed by atoms with Gasteiger partial charge in [0.05, 0.1) is 4.70 Å². The number of ether oxygens (including phenoxy) is 2. The van der Waals surface area contributed by atoms with Crippen molar-refractivity contribution in [3.63, 3.8) is 0 Å². The zero-order valence-electron chi connectivity index (χ0n) is 10.9. The number of nitrogens with one attached hydrogen (secondary N) is 1. The van der Waals surface area contributed by atoms with Crippen molar-refractivity contribution < 1.29 is 13.9 Å². The zero-order valence-corrected chi connectivity index (χ0v) is 11.7. The van der Waals surface area contributed by atoms with E-state index in [4.69, 9.17) is 9.47 Å². The lowest BCUT2D eigenvalue weighted by Gasteiger charge is -2.18. The van der Waals surface area contributed by atoms with Crippen molar-refractivity contribution in [1.29, 1.82) is 0 Å². The van der Waals surface area contributed by atoms with Crippen LogP contribution in [0.15, 0.2) is 36.4 Å². The summed E-state index contributed by atoms with van der Waals surface area (Å²) in [4.78, 5) is 4.28. The van der Waals surface area contributed by atoms with Crippen LogP contribution in [0.1, 0.15) is 0 Å². The van der Waals surface area contributed by atoms with Crippen LogP contribution in [-0.2, 0) is 0 Å². The Hall–Kier alpha value is -2.34. The van der Waals surface area contributed by atoms with E-state index in [-0.39, 0.29) is 5.82 Å². The molecule has 0 fully saturated rings. The van der Waals surface area contributed by atoms with Gasteiger partial charge in [0, 0.05) is 11.8 Å². The second-order valence-corrected chi connectivity index (χ2v) is 5.62. The fourth-order valence-electron chi connectivity index (χ4n) is 2.21. The molecule has 106 valence electrons. The van der Waals surface area contributed by atoms with Crippen LogP contribution in [0.25, 0.3) is 10.2 Å². The molecule has 0 saturated carbocycles. The number of fused-ring (bicyclic) bond motifs is 2. The smallest absolute Gasteiger partial charge is 0.188 e. The van der Waals surface area contributed by atoms with Crippen molar-refractivity contribution in [1.82, 2.24) is 4.98 Å². The molecule has 0 amide bonds. The molecule has 0 aliphatic carbocycles. The minimum absolute atomic E-state index is 0.307. The highest BCUT2D eigenvalue weighted by Crippen LogP contribution is 2.35. The largest absolute Gasteiger partial charge is 0.486 e. The highest BCUT2D eigenvalue weighted by atomic mass is 32.1. The molecule has 0 atom stereocenters. The topological polar surface area (TPSA) is 43.4 Å². The van der Waals surface area contributed by atoms with E-state index in [0.717, 1.165) is 16.1 Å². The average Bonchev–Trinajstić information content (AvgIpc) is 2.91. The van der Waals surface area contributed by atoms with E-state index in [0.29, 0.717) is 29.6 Å². The number of halogens is 1. The Kier molecular flexibility index (Phi) is 2.89. The van der Waals surface area contributed by atoms with Crippen molar-refractivity contribution in [2.24, 2.45) is 0 Å². The first-order valence-electron chi connectivity index (χ1n) is 6.51. The molecule has 2 heterocycles. The van der Waals surface area contributed by atoms with Crippen LogP contribution in [0.5, 0.6) is 11.5 Å².